The van der Waals surface area contributed by atoms with Crippen molar-refractivity contribution in [3.63, 3.8) is 0 Å². The van der Waals surface area contributed by atoms with Crippen molar-refractivity contribution >= 4 is 35.3 Å². The summed E-state index contributed by atoms with van der Waals surface area (Å²) in [6.07, 6.45) is 0.577. The predicted molar refractivity (Wildman–Crippen MR) is 137 cm³/mol. The molecule has 0 aromatic heterocycles. The number of hydrogen-bond donors (Lipinski definition) is 5. The summed E-state index contributed by atoms with van der Waals surface area (Å²) in [4.78, 5) is 53.0. The molecule has 0 bridgehead atoms. The maximum atomic E-state index is 13.7. The number of fused-ring (bicyclic) bond motifs is 3. The van der Waals surface area contributed by atoms with Crippen molar-refractivity contribution in [3.8, 4) is 5.75 Å². The quantitative estimate of drug-likeness (QED) is 0.256. The van der Waals surface area contributed by atoms with E-state index >= 15 is 0 Å². The van der Waals surface area contributed by atoms with E-state index in [2.05, 4.69) is 0 Å². The third-order valence-electron chi connectivity index (χ3n) is 7.72. The van der Waals surface area contributed by atoms with Crippen LogP contribution in [-0.2, 0) is 32.1 Å². The van der Waals surface area contributed by atoms with Crippen LogP contribution in [0.5, 0.6) is 5.75 Å². The number of benzene rings is 1. The molecular weight excluding hydrogens is 494 g/mol. The van der Waals surface area contributed by atoms with E-state index in [1.807, 2.05) is 13.8 Å². The number of nitrogens with two attached hydrogens (primary N) is 1. The van der Waals surface area contributed by atoms with Crippen LogP contribution in [-0.4, -0.2) is 75.5 Å². The number of carbonyl (C=O) groups excluding carboxylic acids is 4. The summed E-state index contributed by atoms with van der Waals surface area (Å²) in [5.74, 6) is -6.51. The number of aliphatic hydroxyl groups is 3. The molecule has 11 nitrogen and oxygen atoms in total. The zero-order valence-corrected chi connectivity index (χ0v) is 21.8. The van der Waals surface area contributed by atoms with Gasteiger partial charge >= 0.3 is 0 Å². The van der Waals surface area contributed by atoms with Crippen LogP contribution in [0.25, 0.3) is 5.76 Å². The SMILES string of the molecule is CC(C)CN(C=O)Cc1cc(N(C)C)c2c(c1O)C(O)=C1C(=O)C3(O)C(O)=C(C(N)=O)C(=O)C[C@@H]3CC1C2. The minimum Gasteiger partial charge on any atom is -0.508 e. The molecule has 3 aliphatic rings. The van der Waals surface area contributed by atoms with Gasteiger partial charge in [0.1, 0.15) is 22.8 Å². The fourth-order valence-corrected chi connectivity index (χ4v) is 6.08. The Kier molecular flexibility index (Phi) is 6.77. The number of hydrogen-bond acceptors (Lipinski definition) is 9. The summed E-state index contributed by atoms with van der Waals surface area (Å²) >= 11 is 0. The molecule has 1 fully saturated rings. The highest BCUT2D eigenvalue weighted by Crippen LogP contribution is 2.53. The monoisotopic (exact) mass is 527 g/mol. The summed E-state index contributed by atoms with van der Waals surface area (Å²) in [7, 11) is 3.58. The summed E-state index contributed by atoms with van der Waals surface area (Å²) in [5, 5.41) is 44.8. The molecule has 0 radical (unpaired) electrons. The lowest BCUT2D eigenvalue weighted by molar-refractivity contribution is -0.147. The number of primary amides is 1. The van der Waals surface area contributed by atoms with Crippen molar-refractivity contribution < 1.29 is 39.6 Å². The Bertz CT molecular complexity index is 1310. The normalized spacial score (nSPS) is 24.7. The molecule has 1 aromatic carbocycles. The van der Waals surface area contributed by atoms with Gasteiger partial charge in [0.15, 0.2) is 11.4 Å². The standard InChI is InChI=1S/C27H33N3O8/c1-12(2)9-30(11-31)10-14-7-17(29(3)4)16-6-13-5-15-8-18(32)21(26(28)37)25(36)27(15,38)24(35)19(13)23(34)20(16)22(14)33/h7,11-13,15,33-34,36,38H,5-6,8-10H2,1-4H3,(H2,28,37)/t13?,15-,27?/m0/s1. The van der Waals surface area contributed by atoms with Crippen molar-refractivity contribution in [1.82, 2.24) is 4.90 Å². The van der Waals surface area contributed by atoms with Crippen LogP contribution in [0.3, 0.4) is 0 Å². The average molecular weight is 528 g/mol. The first-order chi connectivity index (χ1) is 17.7. The molecule has 0 heterocycles. The molecule has 2 unspecified atom stereocenters. The lowest BCUT2D eigenvalue weighted by atomic mass is 9.59. The van der Waals surface area contributed by atoms with Crippen molar-refractivity contribution in [3.05, 3.63) is 39.7 Å². The van der Waals surface area contributed by atoms with E-state index in [1.54, 1.807) is 25.1 Å². The summed E-state index contributed by atoms with van der Waals surface area (Å²) < 4.78 is 0. The topological polar surface area (TPSA) is 182 Å². The highest BCUT2D eigenvalue weighted by atomic mass is 16.3. The number of Topliss-reactive ketones (excluding diaryl/α,β-unsaturated/α-hetero) is 2. The first kappa shape index (κ1) is 27.2. The number of amides is 2. The number of carbonyl (C=O) groups is 4. The molecule has 0 saturated heterocycles. The van der Waals surface area contributed by atoms with Gasteiger partial charge in [0.2, 0.25) is 12.2 Å². The fraction of sp³-hybridized carbons (Fsp3) is 0.481. The van der Waals surface area contributed by atoms with Gasteiger partial charge in [0.05, 0.1) is 5.56 Å². The van der Waals surface area contributed by atoms with E-state index in [4.69, 9.17) is 5.73 Å². The molecule has 204 valence electrons. The molecule has 3 aliphatic carbocycles. The summed E-state index contributed by atoms with van der Waals surface area (Å²) in [5.41, 5.74) is 3.19. The average Bonchev–Trinajstić information content (AvgIpc) is 2.81. The van der Waals surface area contributed by atoms with Gasteiger partial charge in [-0.3, -0.25) is 19.2 Å². The Labute approximate surface area is 219 Å². The van der Waals surface area contributed by atoms with Gasteiger partial charge in [-0.1, -0.05) is 13.8 Å². The molecule has 3 atom stereocenters. The fourth-order valence-electron chi connectivity index (χ4n) is 6.08. The van der Waals surface area contributed by atoms with E-state index in [0.29, 0.717) is 29.8 Å². The number of rotatable bonds is 7. The molecule has 4 rings (SSSR count). The highest BCUT2D eigenvalue weighted by Gasteiger charge is 2.60. The van der Waals surface area contributed by atoms with Gasteiger partial charge in [-0.05, 0) is 36.3 Å². The first-order valence-corrected chi connectivity index (χ1v) is 12.5. The van der Waals surface area contributed by atoms with Gasteiger partial charge < -0.3 is 36.0 Å². The Hall–Kier alpha value is -3.86. The molecule has 1 saturated carbocycles. The molecule has 0 spiro atoms. The van der Waals surface area contributed by atoms with Gasteiger partial charge in [-0.2, -0.15) is 0 Å². The molecule has 38 heavy (non-hydrogen) atoms. The van der Waals surface area contributed by atoms with Crippen LogP contribution in [0.2, 0.25) is 0 Å². The van der Waals surface area contributed by atoms with Gasteiger partial charge in [0.25, 0.3) is 5.91 Å². The molecule has 6 N–H and O–H groups in total. The van der Waals surface area contributed by atoms with Gasteiger partial charge in [0, 0.05) is 56.3 Å². The minimum absolute atomic E-state index is 0.00808. The van der Waals surface area contributed by atoms with Crippen molar-refractivity contribution in [2.75, 3.05) is 25.5 Å². The van der Waals surface area contributed by atoms with Gasteiger partial charge in [-0.25, -0.2) is 0 Å². The third-order valence-corrected chi connectivity index (χ3v) is 7.72. The number of aliphatic hydroxyl groups excluding tert-OH is 2. The van der Waals surface area contributed by atoms with Crippen LogP contribution in [0.4, 0.5) is 5.69 Å². The lowest BCUT2D eigenvalue weighted by Crippen LogP contribution is -2.58. The van der Waals surface area contributed by atoms with Crippen LogP contribution in [0, 0.1) is 17.8 Å². The maximum absolute atomic E-state index is 13.7. The summed E-state index contributed by atoms with van der Waals surface area (Å²) in [6, 6.07) is 1.74. The first-order valence-electron chi connectivity index (χ1n) is 12.5. The molecule has 11 heteroatoms. The van der Waals surface area contributed by atoms with Crippen LogP contribution in [0.15, 0.2) is 23.0 Å². The highest BCUT2D eigenvalue weighted by molar-refractivity contribution is 6.22. The second kappa shape index (κ2) is 9.46. The molecule has 2 amide bonds. The van der Waals surface area contributed by atoms with E-state index in [9.17, 15) is 39.6 Å². The second-order valence-corrected chi connectivity index (χ2v) is 11.0. The van der Waals surface area contributed by atoms with Gasteiger partial charge in [-0.15, -0.1) is 0 Å². The Morgan fingerprint density at radius 1 is 1.21 bits per heavy atom. The third kappa shape index (κ3) is 4.01. The largest absolute Gasteiger partial charge is 0.508 e. The maximum Gasteiger partial charge on any atom is 0.255 e. The number of anilines is 1. The smallest absolute Gasteiger partial charge is 0.255 e. The van der Waals surface area contributed by atoms with Crippen molar-refractivity contribution in [2.24, 2.45) is 23.5 Å². The molecule has 0 aliphatic heterocycles. The minimum atomic E-state index is -2.61. The van der Waals surface area contributed by atoms with Crippen molar-refractivity contribution in [2.45, 2.75) is 45.3 Å². The van der Waals surface area contributed by atoms with E-state index < -0.39 is 52.0 Å². The molecular formula is C27H33N3O8. The van der Waals surface area contributed by atoms with Crippen LogP contribution >= 0.6 is 0 Å². The number of aromatic hydroxyl groups is 1. The molecule has 1 aromatic rings. The summed E-state index contributed by atoms with van der Waals surface area (Å²) in [6.45, 7) is 4.39. The Morgan fingerprint density at radius 3 is 2.42 bits per heavy atom. The Morgan fingerprint density at radius 2 is 1.87 bits per heavy atom. The number of phenols is 1. The van der Waals surface area contributed by atoms with Crippen LogP contribution in [0.1, 0.15) is 43.4 Å². The second-order valence-electron chi connectivity index (χ2n) is 11.0. The zero-order valence-electron chi connectivity index (χ0n) is 21.8. The van der Waals surface area contributed by atoms with E-state index in [1.165, 1.54) is 4.90 Å². The zero-order chi connectivity index (χ0) is 28.3. The number of ketones is 2. The van der Waals surface area contributed by atoms with Crippen LogP contribution < -0.4 is 10.6 Å². The lowest BCUT2D eigenvalue weighted by Gasteiger charge is -2.46. The van der Waals surface area contributed by atoms with E-state index in [0.717, 1.165) is 0 Å². The number of nitrogens with zero attached hydrogens (tertiary/aromatic N) is 2. The van der Waals surface area contributed by atoms with Crippen molar-refractivity contribution in [1.29, 1.82) is 0 Å². The number of phenolic OH excluding ortho intramolecular Hbond substituents is 1. The Balaban J connectivity index is 1.90. The van der Waals surface area contributed by atoms with E-state index in [-0.39, 0.29) is 48.6 Å². The predicted octanol–water partition coefficient (Wildman–Crippen LogP) is 1.10.